The lowest BCUT2D eigenvalue weighted by molar-refractivity contribution is -0.131. The minimum absolute atomic E-state index is 0.0404. The monoisotopic (exact) mass is 311 g/mol. The van der Waals surface area contributed by atoms with Crippen LogP contribution in [0, 0.1) is 0 Å². The summed E-state index contributed by atoms with van der Waals surface area (Å²) < 4.78 is 5.06. The first-order chi connectivity index (χ1) is 9.99. The third-order valence-electron chi connectivity index (χ3n) is 3.15. The number of thiophene rings is 1. The zero-order valence-electron chi connectivity index (χ0n) is 12.5. The van der Waals surface area contributed by atoms with E-state index in [9.17, 15) is 9.59 Å². The van der Waals surface area contributed by atoms with E-state index < -0.39 is 5.97 Å². The van der Waals surface area contributed by atoms with E-state index in [4.69, 9.17) is 9.84 Å². The summed E-state index contributed by atoms with van der Waals surface area (Å²) in [6, 6.07) is 3.62. The van der Waals surface area contributed by atoms with Crippen LogP contribution in [-0.2, 0) is 9.53 Å². The molecule has 0 aliphatic rings. The number of nitrogens with zero attached hydrogens (tertiary/aromatic N) is 1. The van der Waals surface area contributed by atoms with Gasteiger partial charge in [-0.05, 0) is 31.6 Å². The predicted octanol–water partition coefficient (Wildman–Crippen LogP) is 2.73. The average molecular weight is 311 g/mol. The predicted molar refractivity (Wildman–Crippen MR) is 83.7 cm³/mol. The molecule has 1 aromatic heterocycles. The Kier molecular flexibility index (Phi) is 7.11. The van der Waals surface area contributed by atoms with Gasteiger partial charge in [-0.1, -0.05) is 6.92 Å². The van der Waals surface area contributed by atoms with E-state index in [1.54, 1.807) is 24.1 Å². The molecule has 0 fully saturated rings. The Bertz CT molecular complexity index is 510. The maximum absolute atomic E-state index is 12.5. The van der Waals surface area contributed by atoms with Crippen LogP contribution in [0.5, 0.6) is 0 Å². The molecule has 0 saturated carbocycles. The molecule has 1 aromatic rings. The molecule has 1 rings (SSSR count). The highest BCUT2D eigenvalue weighted by Gasteiger charge is 2.21. The Morgan fingerprint density at radius 2 is 2.19 bits per heavy atom. The van der Waals surface area contributed by atoms with Gasteiger partial charge >= 0.3 is 5.97 Å². The molecule has 116 valence electrons. The van der Waals surface area contributed by atoms with Crippen LogP contribution in [0.15, 0.2) is 18.2 Å². The Balaban J connectivity index is 2.85. The molecule has 0 aliphatic heterocycles. The lowest BCUT2D eigenvalue weighted by atomic mass is 10.2. The molecule has 1 N–H and O–H groups in total. The van der Waals surface area contributed by atoms with E-state index in [0.29, 0.717) is 18.0 Å². The molecule has 0 spiro atoms. The number of hydrogen-bond donors (Lipinski definition) is 1. The Morgan fingerprint density at radius 3 is 2.76 bits per heavy atom. The molecule has 21 heavy (non-hydrogen) atoms. The van der Waals surface area contributed by atoms with Gasteiger partial charge in [-0.2, -0.15) is 0 Å². The van der Waals surface area contributed by atoms with E-state index in [1.807, 2.05) is 13.8 Å². The third kappa shape index (κ3) is 5.32. The van der Waals surface area contributed by atoms with Gasteiger partial charge in [0.2, 0.25) is 0 Å². The summed E-state index contributed by atoms with van der Waals surface area (Å²) in [5.74, 6) is -1.04. The standard InChI is InChI=1S/C15H21NO4S/c1-4-11(2)16(9-10-20-3)15(19)13-7-5-12(21-13)6-8-14(17)18/h5-8,11H,4,9-10H2,1-3H3,(H,17,18). The van der Waals surface area contributed by atoms with E-state index >= 15 is 0 Å². The van der Waals surface area contributed by atoms with Gasteiger partial charge in [-0.25, -0.2) is 4.79 Å². The van der Waals surface area contributed by atoms with Crippen LogP contribution in [0.2, 0.25) is 0 Å². The highest BCUT2D eigenvalue weighted by atomic mass is 32.1. The van der Waals surface area contributed by atoms with Crippen LogP contribution >= 0.6 is 11.3 Å². The number of ether oxygens (including phenoxy) is 1. The highest BCUT2D eigenvalue weighted by molar-refractivity contribution is 7.14. The van der Waals surface area contributed by atoms with Crippen molar-refractivity contribution in [2.45, 2.75) is 26.3 Å². The molecular weight excluding hydrogens is 290 g/mol. The fraction of sp³-hybridized carbons (Fsp3) is 0.467. The van der Waals surface area contributed by atoms with Crippen LogP contribution in [0.4, 0.5) is 0 Å². The second-order valence-electron chi connectivity index (χ2n) is 4.62. The first-order valence-electron chi connectivity index (χ1n) is 6.80. The van der Waals surface area contributed by atoms with Crippen molar-refractivity contribution < 1.29 is 19.4 Å². The number of carbonyl (C=O) groups excluding carboxylic acids is 1. The molecule has 5 nitrogen and oxygen atoms in total. The maximum Gasteiger partial charge on any atom is 0.328 e. The lowest BCUT2D eigenvalue weighted by Gasteiger charge is -2.27. The van der Waals surface area contributed by atoms with E-state index in [-0.39, 0.29) is 11.9 Å². The van der Waals surface area contributed by atoms with Gasteiger partial charge in [0, 0.05) is 30.6 Å². The van der Waals surface area contributed by atoms with Gasteiger partial charge in [0.1, 0.15) is 0 Å². The van der Waals surface area contributed by atoms with Gasteiger partial charge in [-0.15, -0.1) is 11.3 Å². The SMILES string of the molecule is CCC(C)N(CCOC)C(=O)c1ccc(C=CC(=O)O)s1. The topological polar surface area (TPSA) is 66.8 Å². The van der Waals surface area contributed by atoms with Crippen molar-refractivity contribution in [3.63, 3.8) is 0 Å². The van der Waals surface area contributed by atoms with Crippen molar-refractivity contribution in [2.24, 2.45) is 0 Å². The molecule has 0 saturated heterocycles. The largest absolute Gasteiger partial charge is 0.478 e. The first kappa shape index (κ1) is 17.4. The molecular formula is C15H21NO4S. The van der Waals surface area contributed by atoms with Gasteiger partial charge in [0.15, 0.2) is 0 Å². The van der Waals surface area contributed by atoms with Crippen molar-refractivity contribution in [3.05, 3.63) is 28.0 Å². The molecule has 1 heterocycles. The minimum atomic E-state index is -1.00. The van der Waals surface area contributed by atoms with Crippen LogP contribution in [-0.4, -0.2) is 48.2 Å². The van der Waals surface area contributed by atoms with Gasteiger partial charge < -0.3 is 14.7 Å². The molecule has 6 heteroatoms. The number of rotatable bonds is 8. The summed E-state index contributed by atoms with van der Waals surface area (Å²) in [6.45, 7) is 5.08. The number of methoxy groups -OCH3 is 1. The number of carbonyl (C=O) groups is 2. The Labute approximate surface area is 128 Å². The molecule has 1 atom stereocenters. The van der Waals surface area contributed by atoms with E-state index in [1.165, 1.54) is 17.4 Å². The van der Waals surface area contributed by atoms with E-state index in [0.717, 1.165) is 17.4 Å². The molecule has 0 bridgehead atoms. The van der Waals surface area contributed by atoms with Crippen molar-refractivity contribution in [2.75, 3.05) is 20.3 Å². The van der Waals surface area contributed by atoms with Crippen molar-refractivity contribution in [1.82, 2.24) is 4.90 Å². The van der Waals surface area contributed by atoms with Gasteiger partial charge in [-0.3, -0.25) is 4.79 Å². The minimum Gasteiger partial charge on any atom is -0.478 e. The van der Waals surface area contributed by atoms with Crippen LogP contribution in [0.1, 0.15) is 34.8 Å². The third-order valence-corrected chi connectivity index (χ3v) is 4.19. The van der Waals surface area contributed by atoms with Crippen LogP contribution in [0.25, 0.3) is 6.08 Å². The number of amides is 1. The number of hydrogen-bond acceptors (Lipinski definition) is 4. The number of carboxylic acids is 1. The van der Waals surface area contributed by atoms with Gasteiger partial charge in [0.05, 0.1) is 11.5 Å². The molecule has 0 aliphatic carbocycles. The van der Waals surface area contributed by atoms with Crippen molar-refractivity contribution in [3.8, 4) is 0 Å². The first-order valence-corrected chi connectivity index (χ1v) is 7.62. The van der Waals surface area contributed by atoms with Crippen molar-refractivity contribution >= 4 is 29.3 Å². The summed E-state index contributed by atoms with van der Waals surface area (Å²) in [5.41, 5.74) is 0. The zero-order chi connectivity index (χ0) is 15.8. The van der Waals surface area contributed by atoms with E-state index in [2.05, 4.69) is 0 Å². The summed E-state index contributed by atoms with van der Waals surface area (Å²) in [7, 11) is 1.61. The lowest BCUT2D eigenvalue weighted by Crippen LogP contribution is -2.40. The zero-order valence-corrected chi connectivity index (χ0v) is 13.4. The fourth-order valence-electron chi connectivity index (χ4n) is 1.78. The summed E-state index contributed by atoms with van der Waals surface area (Å²) in [6.07, 6.45) is 3.43. The molecule has 1 amide bonds. The Morgan fingerprint density at radius 1 is 1.48 bits per heavy atom. The van der Waals surface area contributed by atoms with Crippen LogP contribution in [0.3, 0.4) is 0 Å². The maximum atomic E-state index is 12.5. The van der Waals surface area contributed by atoms with Crippen LogP contribution < -0.4 is 0 Å². The second kappa shape index (κ2) is 8.59. The summed E-state index contributed by atoms with van der Waals surface area (Å²) in [4.78, 5) is 26.2. The summed E-state index contributed by atoms with van der Waals surface area (Å²) in [5, 5.41) is 8.61. The quantitative estimate of drug-likeness (QED) is 0.750. The number of carboxylic acid groups (broad SMARTS) is 1. The highest BCUT2D eigenvalue weighted by Crippen LogP contribution is 2.21. The second-order valence-corrected chi connectivity index (χ2v) is 5.74. The molecule has 1 unspecified atom stereocenters. The van der Waals surface area contributed by atoms with Crippen molar-refractivity contribution in [1.29, 1.82) is 0 Å². The van der Waals surface area contributed by atoms with Gasteiger partial charge in [0.25, 0.3) is 5.91 Å². The molecule has 0 radical (unpaired) electrons. The smallest absolute Gasteiger partial charge is 0.328 e. The number of aliphatic carboxylic acids is 1. The summed E-state index contributed by atoms with van der Waals surface area (Å²) >= 11 is 1.29. The Hall–Kier alpha value is -1.66. The normalized spacial score (nSPS) is 12.5. The fourth-order valence-corrected chi connectivity index (χ4v) is 2.65. The average Bonchev–Trinajstić information content (AvgIpc) is 2.93. The molecule has 0 aromatic carbocycles.